The van der Waals surface area contributed by atoms with Gasteiger partial charge in [0.15, 0.2) is 0 Å². The van der Waals surface area contributed by atoms with Gasteiger partial charge in [0.05, 0.1) is 18.6 Å². The van der Waals surface area contributed by atoms with Crippen molar-refractivity contribution in [1.29, 1.82) is 0 Å². The summed E-state index contributed by atoms with van der Waals surface area (Å²) >= 11 is 7.47. The molecule has 0 bridgehead atoms. The van der Waals surface area contributed by atoms with E-state index in [0.717, 1.165) is 40.1 Å². The van der Waals surface area contributed by atoms with E-state index in [0.29, 0.717) is 28.2 Å². The Bertz CT molecular complexity index is 896. The molecule has 41 heavy (non-hydrogen) atoms. The number of aryl methyl sites for hydroxylation is 1. The third-order valence-corrected chi connectivity index (χ3v) is 7.85. The first kappa shape index (κ1) is 48.8. The molecule has 0 unspecified atom stereocenters. The van der Waals surface area contributed by atoms with Crippen molar-refractivity contribution in [2.24, 2.45) is 0 Å². The summed E-state index contributed by atoms with van der Waals surface area (Å²) in [5.74, 6) is 2.94. The number of rotatable bonds is 15. The molecule has 2 aromatic rings. The minimum Gasteiger partial charge on any atom is -0.870 e. The minimum atomic E-state index is -0.851. The van der Waals surface area contributed by atoms with Crippen LogP contribution in [-0.4, -0.2) is 103 Å². The van der Waals surface area contributed by atoms with Crippen LogP contribution in [0.5, 0.6) is 0 Å². The van der Waals surface area contributed by atoms with Gasteiger partial charge in [-0.2, -0.15) is 33.1 Å². The molecule has 16 nitrogen and oxygen atoms in total. The second kappa shape index (κ2) is 36.1. The van der Waals surface area contributed by atoms with E-state index >= 15 is 0 Å². The molecule has 22 heteroatoms. The van der Waals surface area contributed by atoms with E-state index in [4.69, 9.17) is 26.2 Å². The molecule has 0 aromatic carbocycles. The summed E-state index contributed by atoms with van der Waals surface area (Å²) in [7, 11) is 1.41. The number of carbonyl (C=O) groups excluding carboxylic acids is 4. The maximum Gasteiger partial charge on any atom is 1.00 e. The largest absolute Gasteiger partial charge is 1.00 e. The molecule has 0 aliphatic carbocycles. The third kappa shape index (κ3) is 36.1. The van der Waals surface area contributed by atoms with Crippen LogP contribution in [0, 0.1) is 0 Å². The molecule has 0 amide bonds. The summed E-state index contributed by atoms with van der Waals surface area (Å²) in [6.45, 7) is 2.72. The normalized spacial score (nSPS) is 8.54. The molecule has 0 spiro atoms. The number of nitrogens with two attached hydrogens (primary N) is 2. The van der Waals surface area contributed by atoms with Crippen LogP contribution in [0.1, 0.15) is 23.4 Å². The summed E-state index contributed by atoms with van der Waals surface area (Å²) < 4.78 is 8.76. The number of hydrogen-bond donors (Lipinski definition) is 3. The van der Waals surface area contributed by atoms with Crippen molar-refractivity contribution in [3.63, 3.8) is 0 Å². The molecule has 0 aliphatic heterocycles. The number of aliphatic carboxylic acids is 1. The van der Waals surface area contributed by atoms with Gasteiger partial charge in [0.25, 0.3) is 6.47 Å². The molecule has 8 N–H and O–H groups in total. The summed E-state index contributed by atoms with van der Waals surface area (Å²) in [5.41, 5.74) is 11.0. The van der Waals surface area contributed by atoms with Gasteiger partial charge in [0.1, 0.15) is 16.6 Å². The fourth-order valence-corrected chi connectivity index (χ4v) is 5.28. The zero-order valence-corrected chi connectivity index (χ0v) is 26.8. The molecular weight excluding hydrogens is 640 g/mol. The number of carboxylic acid groups (broad SMARTS) is 1. The Kier molecular flexibility index (Phi) is 43.0. The van der Waals surface area contributed by atoms with Crippen LogP contribution in [-0.2, 0) is 45.6 Å². The number of thioether (sulfide) groups is 3. The van der Waals surface area contributed by atoms with Crippen LogP contribution in [0.15, 0.2) is 0 Å². The number of nitrogen functional groups attached to an aromatic ring is 2. The SMILES string of the molecule is CCCSCC(=O)OC.Nc1nnc(CCSCc2nnc(N)s2)s1.O.O=C=O.O=COCCSCC(=O)O.[Li+].[OH-]. The molecule has 0 radical (unpaired) electrons. The first-order valence-corrected chi connectivity index (χ1v) is 15.6. The zero-order valence-electron chi connectivity index (χ0n) is 22.7. The van der Waals surface area contributed by atoms with E-state index in [9.17, 15) is 14.4 Å². The van der Waals surface area contributed by atoms with E-state index in [1.165, 1.54) is 41.5 Å². The molecule has 0 atom stereocenters. The number of esters is 1. The first-order chi connectivity index (χ1) is 18.2. The van der Waals surface area contributed by atoms with Crippen molar-refractivity contribution in [3.8, 4) is 0 Å². The summed E-state index contributed by atoms with van der Waals surface area (Å²) in [4.78, 5) is 46.1. The average Bonchev–Trinajstić information content (AvgIpc) is 3.50. The van der Waals surface area contributed by atoms with E-state index in [2.05, 4.69) is 36.8 Å². The number of ether oxygens (including phenoxy) is 2. The predicted octanol–water partition coefficient (Wildman–Crippen LogP) is -2.27. The van der Waals surface area contributed by atoms with Crippen molar-refractivity contribution in [3.05, 3.63) is 10.0 Å². The summed E-state index contributed by atoms with van der Waals surface area (Å²) in [6, 6.07) is 0. The molecule has 230 valence electrons. The Morgan fingerprint density at radius 2 is 1.51 bits per heavy atom. The smallest absolute Gasteiger partial charge is 0.870 e. The number of carbonyl (C=O) groups is 3. The van der Waals surface area contributed by atoms with Crippen LogP contribution >= 0.6 is 58.0 Å². The van der Waals surface area contributed by atoms with Crippen molar-refractivity contribution in [1.82, 2.24) is 20.4 Å². The van der Waals surface area contributed by atoms with Gasteiger partial charge in [-0.15, -0.1) is 32.2 Å². The Hall–Kier alpha value is -1.92. The van der Waals surface area contributed by atoms with Crippen molar-refractivity contribution >= 4 is 92.8 Å². The quantitative estimate of drug-likeness (QED) is 0.0777. The van der Waals surface area contributed by atoms with Gasteiger partial charge < -0.3 is 37.0 Å². The van der Waals surface area contributed by atoms with Gasteiger partial charge in [-0.05, 0) is 12.2 Å². The molecule has 2 aromatic heterocycles. The third-order valence-electron chi connectivity index (χ3n) is 3.09. The molecule has 0 saturated heterocycles. The molecular formula is C19H33LiN6O10S5. The van der Waals surface area contributed by atoms with Gasteiger partial charge in [0.2, 0.25) is 10.3 Å². The van der Waals surface area contributed by atoms with Gasteiger partial charge in [-0.1, -0.05) is 29.6 Å². The number of anilines is 2. The van der Waals surface area contributed by atoms with E-state index < -0.39 is 5.97 Å². The van der Waals surface area contributed by atoms with Gasteiger partial charge in [-0.25, -0.2) is 0 Å². The monoisotopic (exact) mass is 672 g/mol. The molecule has 2 rings (SSSR count). The van der Waals surface area contributed by atoms with Crippen LogP contribution in [0.3, 0.4) is 0 Å². The standard InChI is InChI=1S/C7H10N6S3.C6H12O2S.C5H8O4S.CO2.Li.2H2O/c8-6-12-10-4(15-6)1-2-14-3-5-11-13-7(9)16-5;1-3-4-9-5-6(7)8-2;6-4-9-1-2-10-3-5(7)8;2-1-3;;;/h1-3H2,(H2,8,12)(H2,9,13);3-5H2,1-2H3;4H,1-3H2,(H,7,8);;;2*1H2/q;;;;+1;;/p-1. The van der Waals surface area contributed by atoms with E-state index in [1.54, 1.807) is 23.5 Å². The number of aromatic nitrogens is 4. The fourth-order valence-electron chi connectivity index (χ4n) is 1.68. The topological polar surface area (TPSA) is 289 Å². The maximum absolute atomic E-state index is 10.4. The Balaban J connectivity index is -0.000000153. The fraction of sp³-hybridized carbons (Fsp3) is 0.579. The second-order valence-electron chi connectivity index (χ2n) is 6.00. The van der Waals surface area contributed by atoms with Crippen LogP contribution in [0.4, 0.5) is 10.3 Å². The Labute approximate surface area is 269 Å². The van der Waals surface area contributed by atoms with E-state index in [1.807, 2.05) is 0 Å². The van der Waals surface area contributed by atoms with Gasteiger partial charge in [-0.3, -0.25) is 14.4 Å². The summed E-state index contributed by atoms with van der Waals surface area (Å²) in [6.07, 6.45) is 2.25. The molecule has 2 heterocycles. The molecule has 0 fully saturated rings. The van der Waals surface area contributed by atoms with Crippen molar-refractivity contribution in [2.45, 2.75) is 25.5 Å². The molecule has 0 aliphatic rings. The number of nitrogens with zero attached hydrogens (tertiary/aromatic N) is 4. The first-order valence-electron chi connectivity index (χ1n) is 10.5. The Morgan fingerprint density at radius 3 is 1.95 bits per heavy atom. The van der Waals surface area contributed by atoms with Crippen LogP contribution < -0.4 is 30.3 Å². The zero-order chi connectivity index (χ0) is 29.0. The molecule has 0 saturated carbocycles. The van der Waals surface area contributed by atoms with Gasteiger partial charge in [0, 0.05) is 23.7 Å². The predicted molar refractivity (Wildman–Crippen MR) is 156 cm³/mol. The van der Waals surface area contributed by atoms with Crippen molar-refractivity contribution in [2.75, 3.05) is 53.9 Å². The van der Waals surface area contributed by atoms with Crippen LogP contribution in [0.25, 0.3) is 0 Å². The number of hydrogen-bond acceptors (Lipinski definition) is 19. The summed E-state index contributed by atoms with van der Waals surface area (Å²) in [5, 5.41) is 26.5. The van der Waals surface area contributed by atoms with Gasteiger partial charge >= 0.3 is 37.0 Å². The number of methoxy groups -OCH3 is 1. The van der Waals surface area contributed by atoms with Crippen molar-refractivity contribution < 1.29 is 68.4 Å². The maximum atomic E-state index is 10.4. The number of carboxylic acids is 1. The average molecular weight is 673 g/mol. The Morgan fingerprint density at radius 1 is 0.976 bits per heavy atom. The van der Waals surface area contributed by atoms with E-state index in [-0.39, 0.29) is 54.3 Å². The second-order valence-corrected chi connectivity index (χ2v) is 11.5. The minimum absolute atomic E-state index is 0. The van der Waals surface area contributed by atoms with Crippen LogP contribution in [0.2, 0.25) is 0 Å².